The second kappa shape index (κ2) is 7.82. The van der Waals surface area contributed by atoms with Gasteiger partial charge in [-0.1, -0.05) is 69.9 Å². The number of hydrogen-bond donors (Lipinski definition) is 0. The zero-order valence-corrected chi connectivity index (χ0v) is 25.9. The maximum absolute atomic E-state index is 2.60. The zero-order chi connectivity index (χ0) is 27.6. The van der Waals surface area contributed by atoms with E-state index < -0.39 is 8.07 Å². The minimum absolute atomic E-state index is 0.249. The van der Waals surface area contributed by atoms with Gasteiger partial charge in [-0.05, 0) is 77.4 Å². The summed E-state index contributed by atoms with van der Waals surface area (Å²) in [4.78, 5) is 0. The summed E-state index contributed by atoms with van der Waals surface area (Å²) >= 11 is 0. The second-order valence-corrected chi connectivity index (χ2v) is 19.2. The lowest BCUT2D eigenvalue weighted by molar-refractivity contribution is -0.643. The van der Waals surface area contributed by atoms with Crippen LogP contribution in [0.5, 0.6) is 0 Å². The van der Waals surface area contributed by atoms with Crippen molar-refractivity contribution in [2.75, 3.05) is 0 Å². The SMILES string of the molecule is Cc1cc2c3cc(CC(C)(C)C)ccc3n3c4cc5c([Si](C)(C)C)cccc5c5cc[n+](C)c(c(c1C)c23)c54. The van der Waals surface area contributed by atoms with Gasteiger partial charge in [0.15, 0.2) is 6.20 Å². The minimum Gasteiger partial charge on any atom is -0.307 e. The third-order valence-corrected chi connectivity index (χ3v) is 11.0. The number of hydrogen-bond acceptors (Lipinski definition) is 0. The van der Waals surface area contributed by atoms with Gasteiger partial charge in [-0.15, -0.1) is 0 Å². The average Bonchev–Trinajstić information content (AvgIpc) is 3.16. The van der Waals surface area contributed by atoms with Crippen molar-refractivity contribution >= 4 is 73.0 Å². The molecule has 0 aliphatic rings. The van der Waals surface area contributed by atoms with Gasteiger partial charge in [0.2, 0.25) is 5.52 Å². The van der Waals surface area contributed by atoms with Crippen LogP contribution < -0.4 is 9.75 Å². The first kappa shape index (κ1) is 24.6. The molecule has 0 N–H and O–H groups in total. The molecule has 196 valence electrons. The molecule has 3 heterocycles. The Kier molecular flexibility index (Phi) is 4.93. The second-order valence-electron chi connectivity index (χ2n) is 14.1. The quantitative estimate of drug-likeness (QED) is 0.0919. The predicted molar refractivity (Wildman–Crippen MR) is 173 cm³/mol. The van der Waals surface area contributed by atoms with Crippen molar-refractivity contribution in [2.45, 2.75) is 60.7 Å². The van der Waals surface area contributed by atoms with Crippen LogP contribution in [0.3, 0.4) is 0 Å². The molecule has 0 aliphatic carbocycles. The first-order valence-electron chi connectivity index (χ1n) is 14.3. The summed E-state index contributed by atoms with van der Waals surface area (Å²) in [6, 6.07) is 21.5. The molecule has 0 radical (unpaired) electrons. The van der Waals surface area contributed by atoms with Crippen LogP contribution in [0.25, 0.3) is 59.8 Å². The predicted octanol–water partition coefficient (Wildman–Crippen LogP) is 8.72. The van der Waals surface area contributed by atoms with Crippen LogP contribution in [0.15, 0.2) is 60.8 Å². The van der Waals surface area contributed by atoms with Crippen LogP contribution >= 0.6 is 0 Å². The highest BCUT2D eigenvalue weighted by Gasteiger charge is 2.27. The van der Waals surface area contributed by atoms with Gasteiger partial charge in [0.25, 0.3) is 0 Å². The van der Waals surface area contributed by atoms with Crippen molar-refractivity contribution in [1.82, 2.24) is 4.40 Å². The largest absolute Gasteiger partial charge is 0.307 e. The van der Waals surface area contributed by atoms with E-state index in [-0.39, 0.29) is 5.41 Å². The maximum Gasteiger partial charge on any atom is 0.224 e. The lowest BCUT2D eigenvalue weighted by Gasteiger charge is -2.21. The van der Waals surface area contributed by atoms with Gasteiger partial charge >= 0.3 is 0 Å². The van der Waals surface area contributed by atoms with E-state index in [9.17, 15) is 0 Å². The summed E-state index contributed by atoms with van der Waals surface area (Å²) in [5.74, 6) is 0. The van der Waals surface area contributed by atoms with Crippen molar-refractivity contribution in [3.8, 4) is 0 Å². The average molecular weight is 528 g/mol. The van der Waals surface area contributed by atoms with E-state index in [2.05, 4.69) is 131 Å². The van der Waals surface area contributed by atoms with Gasteiger partial charge in [-0.25, -0.2) is 4.57 Å². The Labute approximate surface area is 232 Å². The summed E-state index contributed by atoms with van der Waals surface area (Å²) < 4.78 is 4.95. The van der Waals surface area contributed by atoms with Gasteiger partial charge in [-0.3, -0.25) is 0 Å². The fraction of sp³-hybridized carbons (Fsp3) is 0.306. The lowest BCUT2D eigenvalue weighted by Crippen LogP contribution is -2.38. The molecule has 0 atom stereocenters. The molecule has 0 fully saturated rings. The van der Waals surface area contributed by atoms with Gasteiger partial charge in [0.05, 0.1) is 35.4 Å². The van der Waals surface area contributed by atoms with E-state index in [1.807, 2.05) is 0 Å². The number of rotatable bonds is 2. The normalized spacial score (nSPS) is 13.4. The summed E-state index contributed by atoms with van der Waals surface area (Å²) in [7, 11) is 0.657. The molecular formula is C36H39N2Si+. The van der Waals surface area contributed by atoms with Crippen molar-refractivity contribution in [3.63, 3.8) is 0 Å². The summed E-state index contributed by atoms with van der Waals surface area (Å²) in [5, 5.41) is 11.2. The molecular weight excluding hydrogens is 488 g/mol. The molecule has 0 bridgehead atoms. The molecule has 0 saturated carbocycles. The van der Waals surface area contributed by atoms with E-state index in [1.54, 1.807) is 5.19 Å². The van der Waals surface area contributed by atoms with Crippen LogP contribution in [0.2, 0.25) is 19.6 Å². The van der Waals surface area contributed by atoms with Crippen molar-refractivity contribution in [1.29, 1.82) is 0 Å². The molecule has 0 unspecified atom stereocenters. The molecule has 4 aromatic carbocycles. The Bertz CT molecular complexity index is 2130. The third kappa shape index (κ3) is 3.42. The first-order chi connectivity index (χ1) is 18.3. The third-order valence-electron chi connectivity index (χ3n) is 8.91. The topological polar surface area (TPSA) is 8.29 Å². The molecule has 0 amide bonds. The fourth-order valence-electron chi connectivity index (χ4n) is 7.14. The Balaban J connectivity index is 1.81. The molecule has 2 nitrogen and oxygen atoms in total. The number of fused-ring (bicyclic) bond motifs is 7. The highest BCUT2D eigenvalue weighted by Crippen LogP contribution is 2.43. The van der Waals surface area contributed by atoms with Gasteiger partial charge < -0.3 is 4.40 Å². The molecule has 0 aliphatic heterocycles. The molecule has 3 heteroatoms. The van der Waals surface area contributed by atoms with Crippen molar-refractivity contribution < 1.29 is 4.57 Å². The number of nitrogens with zero attached hydrogens (tertiary/aromatic N) is 2. The Morgan fingerprint density at radius 1 is 0.769 bits per heavy atom. The standard InChI is InChI=1S/C36H39N2Si/c1-21-17-28-26-18-23(20-36(3,4)5)13-14-29(26)38-30-19-27-24(11-10-12-31(27)39(7,8)9)25-15-16-37(6)35(33(25)30)32(22(21)2)34(28)38/h10-19H,20H2,1-9H3/q+1. The van der Waals surface area contributed by atoms with Crippen molar-refractivity contribution in [3.05, 3.63) is 77.5 Å². The molecule has 39 heavy (non-hydrogen) atoms. The molecule has 7 rings (SSSR count). The fourth-order valence-corrected chi connectivity index (χ4v) is 8.76. The minimum atomic E-state index is -1.56. The number of aryl methyl sites for hydroxylation is 3. The molecule has 3 aromatic heterocycles. The van der Waals surface area contributed by atoms with Crippen LogP contribution in [0.1, 0.15) is 37.5 Å². The summed E-state index contributed by atoms with van der Waals surface area (Å²) in [6.45, 7) is 19.0. The van der Waals surface area contributed by atoms with Crippen LogP contribution in [0, 0.1) is 19.3 Å². The van der Waals surface area contributed by atoms with E-state index >= 15 is 0 Å². The van der Waals surface area contributed by atoms with E-state index in [4.69, 9.17) is 0 Å². The Hall–Kier alpha value is -3.43. The Morgan fingerprint density at radius 2 is 1.54 bits per heavy atom. The summed E-state index contributed by atoms with van der Waals surface area (Å²) in [6.07, 6.45) is 3.34. The van der Waals surface area contributed by atoms with Crippen LogP contribution in [-0.2, 0) is 13.5 Å². The van der Waals surface area contributed by atoms with Crippen LogP contribution in [0.4, 0.5) is 0 Å². The van der Waals surface area contributed by atoms with E-state index in [1.165, 1.54) is 76.5 Å². The number of aromatic nitrogens is 2. The maximum atomic E-state index is 2.60. The monoisotopic (exact) mass is 527 g/mol. The van der Waals surface area contributed by atoms with E-state index in [0.29, 0.717) is 0 Å². The van der Waals surface area contributed by atoms with Gasteiger partial charge in [0.1, 0.15) is 7.05 Å². The highest BCUT2D eigenvalue weighted by atomic mass is 28.3. The summed E-state index contributed by atoms with van der Waals surface area (Å²) in [5.41, 5.74) is 9.76. The molecule has 7 aromatic rings. The molecule has 0 spiro atoms. The molecule has 0 saturated heterocycles. The lowest BCUT2D eigenvalue weighted by atomic mass is 9.87. The number of pyridine rings is 2. The zero-order valence-electron chi connectivity index (χ0n) is 24.9. The highest BCUT2D eigenvalue weighted by molar-refractivity contribution is 6.90. The van der Waals surface area contributed by atoms with Gasteiger partial charge in [0, 0.05) is 22.2 Å². The first-order valence-corrected chi connectivity index (χ1v) is 17.8. The van der Waals surface area contributed by atoms with Crippen molar-refractivity contribution in [2.24, 2.45) is 12.5 Å². The number of benzene rings is 4. The van der Waals surface area contributed by atoms with E-state index in [0.717, 1.165) is 6.42 Å². The van der Waals surface area contributed by atoms with Crippen LogP contribution in [-0.4, -0.2) is 12.5 Å². The van der Waals surface area contributed by atoms with Gasteiger partial charge in [-0.2, -0.15) is 0 Å². The Morgan fingerprint density at radius 3 is 2.26 bits per heavy atom. The smallest absolute Gasteiger partial charge is 0.224 e.